The molecule has 0 fully saturated rings. The Hall–Kier alpha value is -2.24. The number of carbonyl (C=O) groups is 2. The molecular weight excluding hydrogens is 306 g/mol. The molecule has 0 radical (unpaired) electrons. The van der Waals surface area contributed by atoms with E-state index in [4.69, 9.17) is 4.74 Å². The summed E-state index contributed by atoms with van der Waals surface area (Å²) in [5, 5.41) is 5.49. The third-order valence-electron chi connectivity index (χ3n) is 3.64. The Balaban J connectivity index is 2.22. The van der Waals surface area contributed by atoms with Crippen LogP contribution < -0.4 is 15.4 Å². The van der Waals surface area contributed by atoms with E-state index >= 15 is 0 Å². The molecule has 1 aromatic rings. The van der Waals surface area contributed by atoms with Crippen LogP contribution in [0.1, 0.15) is 32.8 Å². The first-order valence-corrected chi connectivity index (χ1v) is 8.47. The van der Waals surface area contributed by atoms with Gasteiger partial charge >= 0.3 is 6.03 Å². The summed E-state index contributed by atoms with van der Waals surface area (Å²) in [6.45, 7) is 9.86. The average Bonchev–Trinajstić information content (AvgIpc) is 2.55. The number of amides is 3. The first-order valence-electron chi connectivity index (χ1n) is 8.47. The maximum absolute atomic E-state index is 11.8. The zero-order valence-electron chi connectivity index (χ0n) is 15.1. The van der Waals surface area contributed by atoms with Crippen LogP contribution in [-0.2, 0) is 4.79 Å². The van der Waals surface area contributed by atoms with Crippen LogP contribution in [0, 0.1) is 6.92 Å². The number of benzene rings is 1. The molecule has 6 nitrogen and oxygen atoms in total. The molecule has 3 amide bonds. The number of nitrogens with zero attached hydrogens (tertiary/aromatic N) is 1. The lowest BCUT2D eigenvalue weighted by Gasteiger charge is -2.19. The van der Waals surface area contributed by atoms with Crippen molar-refractivity contribution in [1.29, 1.82) is 0 Å². The molecular formula is C18H29N3O3. The number of ether oxygens (including phenoxy) is 1. The van der Waals surface area contributed by atoms with Gasteiger partial charge in [-0.15, -0.1) is 0 Å². The van der Waals surface area contributed by atoms with Crippen molar-refractivity contribution in [3.63, 3.8) is 0 Å². The predicted octanol–water partition coefficient (Wildman–Crippen LogP) is 2.32. The lowest BCUT2D eigenvalue weighted by molar-refractivity contribution is -0.130. The molecule has 0 saturated carbocycles. The van der Waals surface area contributed by atoms with Crippen LogP contribution in [0.25, 0.3) is 0 Å². The molecule has 0 unspecified atom stereocenters. The third-order valence-corrected chi connectivity index (χ3v) is 3.64. The maximum Gasteiger partial charge on any atom is 0.315 e. The maximum atomic E-state index is 11.8. The number of rotatable bonds is 9. The van der Waals surface area contributed by atoms with Crippen molar-refractivity contribution >= 4 is 11.9 Å². The van der Waals surface area contributed by atoms with Crippen molar-refractivity contribution in [2.75, 3.05) is 26.2 Å². The largest absolute Gasteiger partial charge is 0.491 e. The van der Waals surface area contributed by atoms with E-state index in [-0.39, 0.29) is 18.0 Å². The molecule has 0 aliphatic heterocycles. The molecule has 0 bridgehead atoms. The SMILES string of the molecule is CCN(CC)C(=O)CCNC(=O)N[C@@H](C)COc1ccc(C)cc1. The van der Waals surface area contributed by atoms with Crippen molar-refractivity contribution < 1.29 is 14.3 Å². The fourth-order valence-electron chi connectivity index (χ4n) is 2.19. The van der Waals surface area contributed by atoms with E-state index in [2.05, 4.69) is 10.6 Å². The first kappa shape index (κ1) is 19.8. The highest BCUT2D eigenvalue weighted by atomic mass is 16.5. The Labute approximate surface area is 144 Å². The Bertz CT molecular complexity index is 513. The summed E-state index contributed by atoms with van der Waals surface area (Å²) >= 11 is 0. The fourth-order valence-corrected chi connectivity index (χ4v) is 2.19. The average molecular weight is 335 g/mol. The second-order valence-electron chi connectivity index (χ2n) is 5.74. The van der Waals surface area contributed by atoms with E-state index in [9.17, 15) is 9.59 Å². The van der Waals surface area contributed by atoms with Crippen molar-refractivity contribution in [3.8, 4) is 5.75 Å². The Morgan fingerprint density at radius 3 is 2.38 bits per heavy atom. The van der Waals surface area contributed by atoms with E-state index in [0.717, 1.165) is 5.75 Å². The summed E-state index contributed by atoms with van der Waals surface area (Å²) in [5.41, 5.74) is 1.17. The van der Waals surface area contributed by atoms with Gasteiger partial charge in [0.1, 0.15) is 12.4 Å². The minimum absolute atomic E-state index is 0.0519. The van der Waals surface area contributed by atoms with Gasteiger partial charge in [-0.3, -0.25) is 4.79 Å². The fraction of sp³-hybridized carbons (Fsp3) is 0.556. The molecule has 0 aliphatic rings. The van der Waals surface area contributed by atoms with E-state index < -0.39 is 0 Å². The van der Waals surface area contributed by atoms with E-state index in [0.29, 0.717) is 32.7 Å². The van der Waals surface area contributed by atoms with Gasteiger partial charge in [-0.25, -0.2) is 4.79 Å². The molecule has 1 atom stereocenters. The van der Waals surface area contributed by atoms with Crippen molar-refractivity contribution in [3.05, 3.63) is 29.8 Å². The highest BCUT2D eigenvalue weighted by molar-refractivity contribution is 5.78. The Morgan fingerprint density at radius 1 is 1.17 bits per heavy atom. The first-order chi connectivity index (χ1) is 11.5. The Morgan fingerprint density at radius 2 is 1.79 bits per heavy atom. The lowest BCUT2D eigenvalue weighted by atomic mass is 10.2. The second-order valence-corrected chi connectivity index (χ2v) is 5.74. The van der Waals surface area contributed by atoms with Crippen molar-refractivity contribution in [2.45, 2.75) is 40.2 Å². The summed E-state index contributed by atoms with van der Waals surface area (Å²) < 4.78 is 5.62. The van der Waals surface area contributed by atoms with E-state index in [1.54, 1.807) is 4.90 Å². The lowest BCUT2D eigenvalue weighted by Crippen LogP contribution is -2.44. The van der Waals surface area contributed by atoms with Gasteiger partial charge in [-0.05, 0) is 39.8 Å². The van der Waals surface area contributed by atoms with Gasteiger partial charge in [0.2, 0.25) is 5.91 Å². The number of urea groups is 1. The van der Waals surface area contributed by atoms with Crippen molar-refractivity contribution in [2.24, 2.45) is 0 Å². The summed E-state index contributed by atoms with van der Waals surface area (Å²) in [4.78, 5) is 25.4. The third kappa shape index (κ3) is 7.35. The summed E-state index contributed by atoms with van der Waals surface area (Å²) in [7, 11) is 0. The summed E-state index contributed by atoms with van der Waals surface area (Å²) in [6.07, 6.45) is 0.309. The topological polar surface area (TPSA) is 70.7 Å². The minimum atomic E-state index is -0.289. The predicted molar refractivity (Wildman–Crippen MR) is 95.2 cm³/mol. The van der Waals surface area contributed by atoms with Crippen LogP contribution in [0.15, 0.2) is 24.3 Å². The molecule has 0 saturated heterocycles. The van der Waals surface area contributed by atoms with Gasteiger partial charge < -0.3 is 20.3 Å². The molecule has 0 aliphatic carbocycles. The zero-order chi connectivity index (χ0) is 17.9. The Kier molecular flexibility index (Phi) is 8.68. The van der Waals surface area contributed by atoms with Crippen LogP contribution in [0.2, 0.25) is 0 Å². The molecule has 24 heavy (non-hydrogen) atoms. The molecule has 6 heteroatoms. The number of carbonyl (C=O) groups excluding carboxylic acids is 2. The monoisotopic (exact) mass is 335 g/mol. The van der Waals surface area contributed by atoms with Gasteiger partial charge in [0, 0.05) is 26.1 Å². The van der Waals surface area contributed by atoms with Gasteiger partial charge in [-0.2, -0.15) is 0 Å². The van der Waals surface area contributed by atoms with Gasteiger partial charge in [0.05, 0.1) is 6.04 Å². The van der Waals surface area contributed by atoms with Crippen LogP contribution >= 0.6 is 0 Å². The molecule has 0 heterocycles. The van der Waals surface area contributed by atoms with E-state index in [1.807, 2.05) is 52.0 Å². The number of nitrogens with one attached hydrogen (secondary N) is 2. The summed E-state index contributed by atoms with van der Waals surface area (Å²) in [5.74, 6) is 0.829. The van der Waals surface area contributed by atoms with Gasteiger partial charge in [-0.1, -0.05) is 17.7 Å². The van der Waals surface area contributed by atoms with Gasteiger partial charge in [0.15, 0.2) is 0 Å². The highest BCUT2D eigenvalue weighted by Crippen LogP contribution is 2.11. The number of hydrogen-bond acceptors (Lipinski definition) is 3. The van der Waals surface area contributed by atoms with Crippen LogP contribution in [0.5, 0.6) is 5.75 Å². The normalized spacial score (nSPS) is 11.5. The second kappa shape index (κ2) is 10.5. The quantitative estimate of drug-likeness (QED) is 0.727. The van der Waals surface area contributed by atoms with E-state index in [1.165, 1.54) is 5.56 Å². The van der Waals surface area contributed by atoms with Crippen molar-refractivity contribution in [1.82, 2.24) is 15.5 Å². The standard InChI is InChI=1S/C18H29N3O3/c1-5-21(6-2)17(22)11-12-19-18(23)20-15(4)13-24-16-9-7-14(3)8-10-16/h7-10,15H,5-6,11-13H2,1-4H3,(H2,19,20,23)/t15-/m0/s1. The summed E-state index contributed by atoms with van der Waals surface area (Å²) in [6, 6.07) is 7.34. The molecule has 134 valence electrons. The number of aryl methyl sites for hydroxylation is 1. The molecule has 1 rings (SSSR count). The number of hydrogen-bond donors (Lipinski definition) is 2. The molecule has 0 aromatic heterocycles. The molecule has 2 N–H and O–H groups in total. The van der Waals surface area contributed by atoms with Crippen LogP contribution in [0.3, 0.4) is 0 Å². The smallest absolute Gasteiger partial charge is 0.315 e. The molecule has 1 aromatic carbocycles. The van der Waals surface area contributed by atoms with Gasteiger partial charge in [0.25, 0.3) is 0 Å². The minimum Gasteiger partial charge on any atom is -0.491 e. The highest BCUT2D eigenvalue weighted by Gasteiger charge is 2.11. The van der Waals surface area contributed by atoms with Crippen LogP contribution in [-0.4, -0.2) is 49.1 Å². The zero-order valence-corrected chi connectivity index (χ0v) is 15.1. The molecule has 0 spiro atoms. The van der Waals surface area contributed by atoms with Crippen LogP contribution in [0.4, 0.5) is 4.79 Å².